The van der Waals surface area contributed by atoms with Gasteiger partial charge in [0, 0.05) is 12.5 Å². The molecule has 0 saturated heterocycles. The molecule has 2 aromatic carbocycles. The minimum atomic E-state index is 0.323. The van der Waals surface area contributed by atoms with Crippen LogP contribution >= 0.6 is 0 Å². The molecule has 2 nitrogen and oxygen atoms in total. The number of aryl methyl sites for hydroxylation is 1. The van der Waals surface area contributed by atoms with Crippen molar-refractivity contribution in [1.82, 2.24) is 5.32 Å². The first kappa shape index (κ1) is 17.0. The summed E-state index contributed by atoms with van der Waals surface area (Å²) >= 11 is 0. The molecule has 0 aromatic heterocycles. The summed E-state index contributed by atoms with van der Waals surface area (Å²) in [7, 11) is 0. The van der Waals surface area contributed by atoms with E-state index >= 15 is 0 Å². The number of fused-ring (bicyclic) bond motifs is 1. The van der Waals surface area contributed by atoms with Gasteiger partial charge in [0.1, 0.15) is 11.9 Å². The third-order valence-corrected chi connectivity index (χ3v) is 4.96. The van der Waals surface area contributed by atoms with Crippen molar-refractivity contribution < 1.29 is 4.74 Å². The zero-order chi connectivity index (χ0) is 16.9. The lowest BCUT2D eigenvalue weighted by atomic mass is 9.86. The number of ether oxygens (including phenoxy) is 1. The van der Waals surface area contributed by atoms with Crippen LogP contribution in [0, 0.1) is 12.8 Å². The maximum absolute atomic E-state index is 6.18. The molecular formula is C22H29NO. The summed E-state index contributed by atoms with van der Waals surface area (Å²) in [5, 5.41) is 3.67. The summed E-state index contributed by atoms with van der Waals surface area (Å²) < 4.78 is 6.18. The first-order valence-corrected chi connectivity index (χ1v) is 9.15. The highest BCUT2D eigenvalue weighted by molar-refractivity contribution is 5.38. The fourth-order valence-electron chi connectivity index (χ4n) is 3.52. The standard InChI is InChI=1S/C22H29NO/c1-16(2)22-14-19(20-9-4-5-10-21(20)24-22)15-23-12-11-18-8-6-7-17(3)13-18/h4-10,13,16,19,22-23H,11-12,14-15H2,1-3H3. The van der Waals surface area contributed by atoms with Gasteiger partial charge in [-0.15, -0.1) is 0 Å². The second-order valence-corrected chi connectivity index (χ2v) is 7.31. The third-order valence-electron chi connectivity index (χ3n) is 4.96. The lowest BCUT2D eigenvalue weighted by Gasteiger charge is -2.34. The van der Waals surface area contributed by atoms with Crippen LogP contribution in [-0.2, 0) is 6.42 Å². The minimum absolute atomic E-state index is 0.323. The van der Waals surface area contributed by atoms with Crippen molar-refractivity contribution in [2.24, 2.45) is 5.92 Å². The largest absolute Gasteiger partial charge is 0.490 e. The molecule has 128 valence electrons. The normalized spacial score (nSPS) is 19.8. The number of hydrogen-bond donors (Lipinski definition) is 1. The molecule has 0 aliphatic carbocycles. The van der Waals surface area contributed by atoms with Gasteiger partial charge in [-0.2, -0.15) is 0 Å². The second kappa shape index (κ2) is 7.85. The summed E-state index contributed by atoms with van der Waals surface area (Å²) in [5.41, 5.74) is 4.11. The highest BCUT2D eigenvalue weighted by Gasteiger charge is 2.29. The fraction of sp³-hybridized carbons (Fsp3) is 0.455. The van der Waals surface area contributed by atoms with E-state index in [0.29, 0.717) is 17.9 Å². The predicted molar refractivity (Wildman–Crippen MR) is 101 cm³/mol. The van der Waals surface area contributed by atoms with E-state index in [1.54, 1.807) is 0 Å². The molecular weight excluding hydrogens is 294 g/mol. The third kappa shape index (κ3) is 4.18. The lowest BCUT2D eigenvalue weighted by Crippen LogP contribution is -2.34. The SMILES string of the molecule is Cc1cccc(CCNCC2CC(C(C)C)Oc3ccccc32)c1. The predicted octanol–water partition coefficient (Wildman–Crippen LogP) is 4.72. The first-order chi connectivity index (χ1) is 11.6. The molecule has 0 spiro atoms. The molecule has 3 rings (SSSR count). The fourth-order valence-corrected chi connectivity index (χ4v) is 3.52. The van der Waals surface area contributed by atoms with Crippen molar-refractivity contribution in [1.29, 1.82) is 0 Å². The van der Waals surface area contributed by atoms with Gasteiger partial charge >= 0.3 is 0 Å². The molecule has 2 unspecified atom stereocenters. The van der Waals surface area contributed by atoms with E-state index in [1.165, 1.54) is 16.7 Å². The Morgan fingerprint density at radius 2 is 1.96 bits per heavy atom. The van der Waals surface area contributed by atoms with Crippen LogP contribution in [-0.4, -0.2) is 19.2 Å². The minimum Gasteiger partial charge on any atom is -0.490 e. The Bertz CT molecular complexity index is 665. The van der Waals surface area contributed by atoms with Crippen molar-refractivity contribution in [2.45, 2.75) is 45.6 Å². The van der Waals surface area contributed by atoms with Gasteiger partial charge in [0.05, 0.1) is 0 Å². The van der Waals surface area contributed by atoms with Gasteiger partial charge in [-0.05, 0) is 49.4 Å². The Kier molecular flexibility index (Phi) is 5.57. The number of hydrogen-bond acceptors (Lipinski definition) is 2. The Balaban J connectivity index is 1.57. The Morgan fingerprint density at radius 3 is 2.75 bits per heavy atom. The number of nitrogens with one attached hydrogen (secondary N) is 1. The Hall–Kier alpha value is -1.80. The van der Waals surface area contributed by atoms with Gasteiger partial charge in [-0.3, -0.25) is 0 Å². The highest BCUT2D eigenvalue weighted by Crippen LogP contribution is 2.37. The van der Waals surface area contributed by atoms with Gasteiger partial charge in [0.2, 0.25) is 0 Å². The molecule has 1 N–H and O–H groups in total. The number of benzene rings is 2. The van der Waals surface area contributed by atoms with Crippen LogP contribution in [0.4, 0.5) is 0 Å². The molecule has 0 fully saturated rings. The summed E-state index contributed by atoms with van der Waals surface area (Å²) in [4.78, 5) is 0. The van der Waals surface area contributed by atoms with Gasteiger partial charge < -0.3 is 10.1 Å². The van der Waals surface area contributed by atoms with E-state index in [2.05, 4.69) is 74.6 Å². The number of rotatable bonds is 6. The van der Waals surface area contributed by atoms with Gasteiger partial charge in [0.25, 0.3) is 0 Å². The zero-order valence-corrected chi connectivity index (χ0v) is 15.1. The van der Waals surface area contributed by atoms with Crippen molar-refractivity contribution in [3.05, 3.63) is 65.2 Å². The van der Waals surface area contributed by atoms with E-state index in [-0.39, 0.29) is 0 Å². The molecule has 2 heteroatoms. The number of para-hydroxylation sites is 1. The molecule has 1 aliphatic heterocycles. The van der Waals surface area contributed by atoms with E-state index < -0.39 is 0 Å². The van der Waals surface area contributed by atoms with Crippen molar-refractivity contribution in [2.75, 3.05) is 13.1 Å². The Morgan fingerprint density at radius 1 is 1.12 bits per heavy atom. The maximum Gasteiger partial charge on any atom is 0.123 e. The van der Waals surface area contributed by atoms with Crippen LogP contribution in [0.2, 0.25) is 0 Å². The molecule has 2 atom stereocenters. The second-order valence-electron chi connectivity index (χ2n) is 7.31. The molecule has 0 saturated carbocycles. The molecule has 0 bridgehead atoms. The average Bonchev–Trinajstić information content (AvgIpc) is 2.58. The Labute approximate surface area is 146 Å². The topological polar surface area (TPSA) is 21.3 Å². The van der Waals surface area contributed by atoms with Crippen LogP contribution in [0.15, 0.2) is 48.5 Å². The zero-order valence-electron chi connectivity index (χ0n) is 15.1. The molecule has 2 aromatic rings. The van der Waals surface area contributed by atoms with E-state index in [1.807, 2.05) is 0 Å². The molecule has 24 heavy (non-hydrogen) atoms. The van der Waals surface area contributed by atoms with E-state index in [9.17, 15) is 0 Å². The van der Waals surface area contributed by atoms with Gasteiger partial charge in [0.15, 0.2) is 0 Å². The van der Waals surface area contributed by atoms with Gasteiger partial charge in [-0.1, -0.05) is 61.9 Å². The quantitative estimate of drug-likeness (QED) is 0.777. The van der Waals surface area contributed by atoms with Crippen LogP contribution in [0.3, 0.4) is 0 Å². The van der Waals surface area contributed by atoms with E-state index in [4.69, 9.17) is 4.74 Å². The van der Waals surface area contributed by atoms with Gasteiger partial charge in [-0.25, -0.2) is 0 Å². The van der Waals surface area contributed by atoms with Crippen molar-refractivity contribution in [3.63, 3.8) is 0 Å². The smallest absolute Gasteiger partial charge is 0.123 e. The molecule has 1 heterocycles. The van der Waals surface area contributed by atoms with E-state index in [0.717, 1.165) is 31.7 Å². The first-order valence-electron chi connectivity index (χ1n) is 9.15. The lowest BCUT2D eigenvalue weighted by molar-refractivity contribution is 0.113. The maximum atomic E-state index is 6.18. The van der Waals surface area contributed by atoms with Crippen LogP contribution in [0.1, 0.15) is 42.9 Å². The summed E-state index contributed by atoms with van der Waals surface area (Å²) in [6.45, 7) is 8.70. The van der Waals surface area contributed by atoms with Crippen molar-refractivity contribution in [3.8, 4) is 5.75 Å². The monoisotopic (exact) mass is 323 g/mol. The van der Waals surface area contributed by atoms with Crippen LogP contribution in [0.5, 0.6) is 5.75 Å². The highest BCUT2D eigenvalue weighted by atomic mass is 16.5. The molecule has 0 radical (unpaired) electrons. The summed E-state index contributed by atoms with van der Waals surface area (Å²) in [5.74, 6) is 2.17. The molecule has 0 amide bonds. The van der Waals surface area contributed by atoms with Crippen LogP contribution < -0.4 is 10.1 Å². The summed E-state index contributed by atoms with van der Waals surface area (Å²) in [6, 6.07) is 17.3. The molecule has 1 aliphatic rings. The van der Waals surface area contributed by atoms with Crippen molar-refractivity contribution >= 4 is 0 Å². The van der Waals surface area contributed by atoms with Crippen LogP contribution in [0.25, 0.3) is 0 Å². The summed E-state index contributed by atoms with van der Waals surface area (Å²) in [6.07, 6.45) is 2.51. The average molecular weight is 323 g/mol.